The summed E-state index contributed by atoms with van der Waals surface area (Å²) in [5, 5.41) is 5.46. The van der Waals surface area contributed by atoms with E-state index >= 15 is 0 Å². The predicted octanol–water partition coefficient (Wildman–Crippen LogP) is 5.16. The molecule has 4 amide bonds. The molecule has 0 saturated carbocycles. The molecule has 0 spiro atoms. The van der Waals surface area contributed by atoms with Gasteiger partial charge in [0.2, 0.25) is 17.7 Å². The van der Waals surface area contributed by atoms with E-state index in [1.807, 2.05) is 38.1 Å². The number of allylic oxidation sites excluding steroid dienone is 1. The van der Waals surface area contributed by atoms with Crippen molar-refractivity contribution in [3.8, 4) is 0 Å². The van der Waals surface area contributed by atoms with E-state index in [0.717, 1.165) is 5.56 Å². The number of esters is 1. The molecular formula is C35H44N4O7. The third-order valence-corrected chi connectivity index (χ3v) is 9.29. The van der Waals surface area contributed by atoms with Gasteiger partial charge in [-0.1, -0.05) is 50.3 Å². The molecule has 0 bridgehead atoms. The Bertz CT molecular complexity index is 1600. The van der Waals surface area contributed by atoms with E-state index in [2.05, 4.69) is 17.2 Å². The molecule has 0 radical (unpaired) electrons. The van der Waals surface area contributed by atoms with Gasteiger partial charge in [0.15, 0.2) is 0 Å². The van der Waals surface area contributed by atoms with Gasteiger partial charge in [-0.15, -0.1) is 6.58 Å². The van der Waals surface area contributed by atoms with Gasteiger partial charge >= 0.3 is 12.1 Å². The number of fused-ring (bicyclic) bond motifs is 3. The smallest absolute Gasteiger partial charge is 0.408 e. The molecule has 2 aliphatic rings. The zero-order valence-electron chi connectivity index (χ0n) is 28.0. The number of likely N-dealkylation sites (tertiary alicyclic amines) is 1. The number of nitrogens with one attached hydrogen (secondary N) is 2. The Morgan fingerprint density at radius 2 is 1.63 bits per heavy atom. The Labute approximate surface area is 270 Å². The van der Waals surface area contributed by atoms with Gasteiger partial charge in [-0.05, 0) is 70.2 Å². The van der Waals surface area contributed by atoms with E-state index in [1.54, 1.807) is 56.9 Å². The van der Waals surface area contributed by atoms with Crippen LogP contribution in [-0.2, 0) is 29.3 Å². The number of amides is 4. The van der Waals surface area contributed by atoms with Crippen molar-refractivity contribution in [2.24, 2.45) is 5.41 Å². The van der Waals surface area contributed by atoms with Crippen LogP contribution < -0.4 is 15.5 Å². The molecule has 0 unspecified atom stereocenters. The first-order valence-corrected chi connectivity index (χ1v) is 15.2. The Morgan fingerprint density at radius 3 is 2.22 bits per heavy atom. The first-order valence-electron chi connectivity index (χ1n) is 15.2. The van der Waals surface area contributed by atoms with Crippen LogP contribution in [0.4, 0.5) is 16.2 Å². The Kier molecular flexibility index (Phi) is 8.87. The molecule has 2 aromatic rings. The predicted molar refractivity (Wildman–Crippen MR) is 174 cm³/mol. The molecule has 1 saturated heterocycles. The number of anilines is 2. The zero-order valence-corrected chi connectivity index (χ0v) is 28.0. The summed E-state index contributed by atoms with van der Waals surface area (Å²) in [5.74, 6) is -2.16. The minimum Gasteiger partial charge on any atom is -0.465 e. The maximum Gasteiger partial charge on any atom is 0.408 e. The number of hydrogen-bond donors (Lipinski definition) is 2. The molecule has 46 heavy (non-hydrogen) atoms. The summed E-state index contributed by atoms with van der Waals surface area (Å²) in [5.41, 5.74) is -2.32. The molecule has 2 aromatic carbocycles. The summed E-state index contributed by atoms with van der Waals surface area (Å²) < 4.78 is 10.3. The number of carbonyl (C=O) groups is 5. The lowest BCUT2D eigenvalue weighted by Crippen LogP contribution is -2.69. The van der Waals surface area contributed by atoms with Crippen LogP contribution in [0, 0.1) is 5.41 Å². The van der Waals surface area contributed by atoms with Gasteiger partial charge in [0.25, 0.3) is 0 Å². The summed E-state index contributed by atoms with van der Waals surface area (Å²) >= 11 is 0. The average molecular weight is 633 g/mol. The monoisotopic (exact) mass is 632 g/mol. The first-order chi connectivity index (χ1) is 21.4. The molecule has 2 heterocycles. The van der Waals surface area contributed by atoms with Gasteiger partial charge in [0, 0.05) is 6.92 Å². The largest absolute Gasteiger partial charge is 0.465 e. The fourth-order valence-electron chi connectivity index (χ4n) is 7.31. The van der Waals surface area contributed by atoms with Crippen LogP contribution >= 0.6 is 0 Å². The Hall–Kier alpha value is -4.67. The summed E-state index contributed by atoms with van der Waals surface area (Å²) in [7, 11) is 1.24. The number of ether oxygens (including phenoxy) is 2. The van der Waals surface area contributed by atoms with Crippen molar-refractivity contribution in [3.05, 3.63) is 72.3 Å². The van der Waals surface area contributed by atoms with E-state index < -0.39 is 58.1 Å². The van der Waals surface area contributed by atoms with Crippen molar-refractivity contribution in [2.45, 2.75) is 90.6 Å². The highest BCUT2D eigenvalue weighted by atomic mass is 16.6. The van der Waals surface area contributed by atoms with Crippen LogP contribution in [0.1, 0.15) is 77.7 Å². The number of rotatable bonds is 7. The summed E-state index contributed by atoms with van der Waals surface area (Å²) in [6.07, 6.45) is 1.07. The number of carbonyl (C=O) groups excluding carboxylic acids is 5. The van der Waals surface area contributed by atoms with E-state index in [1.165, 1.54) is 31.9 Å². The number of methoxy groups -OCH3 is 1. The fraction of sp³-hybridized carbons (Fsp3) is 0.457. The fourth-order valence-corrected chi connectivity index (χ4v) is 7.31. The van der Waals surface area contributed by atoms with Gasteiger partial charge in [-0.3, -0.25) is 19.3 Å². The highest BCUT2D eigenvalue weighted by molar-refractivity contribution is 6.06. The van der Waals surface area contributed by atoms with Crippen LogP contribution in [0.25, 0.3) is 0 Å². The van der Waals surface area contributed by atoms with Crippen LogP contribution in [0.15, 0.2) is 61.2 Å². The number of para-hydroxylation sites is 2. The minimum absolute atomic E-state index is 0.0977. The second kappa shape index (κ2) is 11.9. The molecule has 4 rings (SSSR count). The minimum atomic E-state index is -1.44. The summed E-state index contributed by atoms with van der Waals surface area (Å²) in [6.45, 7) is 17.9. The van der Waals surface area contributed by atoms with Crippen LogP contribution in [-0.4, -0.2) is 65.1 Å². The zero-order chi connectivity index (χ0) is 34.4. The Balaban J connectivity index is 1.94. The van der Waals surface area contributed by atoms with E-state index in [9.17, 15) is 24.0 Å². The van der Waals surface area contributed by atoms with Gasteiger partial charge in [-0.25, -0.2) is 9.59 Å². The average Bonchev–Trinajstić information content (AvgIpc) is 3.38. The maximum atomic E-state index is 14.7. The topological polar surface area (TPSA) is 134 Å². The Morgan fingerprint density at radius 1 is 1.02 bits per heavy atom. The maximum absolute atomic E-state index is 14.7. The second-order valence-electron chi connectivity index (χ2n) is 13.5. The lowest BCUT2D eigenvalue weighted by atomic mass is 9.56. The summed E-state index contributed by atoms with van der Waals surface area (Å²) in [4.78, 5) is 71.1. The van der Waals surface area contributed by atoms with Crippen LogP contribution in [0.3, 0.4) is 0 Å². The molecule has 4 atom stereocenters. The van der Waals surface area contributed by atoms with Gasteiger partial charge in [0.1, 0.15) is 23.3 Å². The van der Waals surface area contributed by atoms with Crippen molar-refractivity contribution in [1.29, 1.82) is 0 Å². The molecule has 1 fully saturated rings. The molecule has 0 aliphatic carbocycles. The summed E-state index contributed by atoms with van der Waals surface area (Å²) in [6, 6.07) is 11.5. The highest BCUT2D eigenvalue weighted by Gasteiger charge is 2.75. The van der Waals surface area contributed by atoms with E-state index in [-0.39, 0.29) is 23.6 Å². The molecule has 0 aromatic heterocycles. The normalized spacial score (nSPS) is 22.7. The van der Waals surface area contributed by atoms with Gasteiger partial charge in [-0.2, -0.15) is 0 Å². The third-order valence-electron chi connectivity index (χ3n) is 9.29. The van der Waals surface area contributed by atoms with Crippen molar-refractivity contribution in [3.63, 3.8) is 0 Å². The quantitative estimate of drug-likeness (QED) is 0.318. The van der Waals surface area contributed by atoms with Crippen molar-refractivity contribution in [1.82, 2.24) is 10.2 Å². The molecule has 246 valence electrons. The first kappa shape index (κ1) is 34.2. The molecule has 11 heteroatoms. The molecule has 2 N–H and O–H groups in total. The van der Waals surface area contributed by atoms with E-state index in [4.69, 9.17) is 9.47 Å². The second-order valence-corrected chi connectivity index (χ2v) is 13.5. The number of benzene rings is 2. The number of nitrogens with zero attached hydrogens (tertiary/aromatic N) is 2. The van der Waals surface area contributed by atoms with Crippen molar-refractivity contribution in [2.75, 3.05) is 17.3 Å². The molecule has 11 nitrogen and oxygen atoms in total. The van der Waals surface area contributed by atoms with Crippen molar-refractivity contribution < 1.29 is 33.4 Å². The van der Waals surface area contributed by atoms with E-state index in [0.29, 0.717) is 5.69 Å². The number of alkyl carbamates (subject to hydrolysis) is 1. The molecular weight excluding hydrogens is 588 g/mol. The van der Waals surface area contributed by atoms with Crippen molar-refractivity contribution >= 4 is 41.2 Å². The van der Waals surface area contributed by atoms with Gasteiger partial charge in [0.05, 0.1) is 29.5 Å². The SMILES string of the molecule is C=CC(C)(C)[C@@]12C[C@H](C(=O)Nc3ccccc3C(=O)OC)N(C(=O)[C@@H](C)NC(=O)OC(C)(C)C)[C@]1(C)N(C(C)=O)c1ccccc12. The van der Waals surface area contributed by atoms with Gasteiger partial charge < -0.3 is 25.0 Å². The standard InChI is InChI=1S/C35H44N4O7/c1-11-33(7,8)35-20-27(28(41)37-25-18-14-12-16-23(25)30(43)45-10)39(29(42)21(2)36-31(44)46-32(4,5)6)34(35,9)38(22(3)40)26-19-15-13-17-24(26)35/h11-19,21,27H,1,20H2,2-10H3,(H,36,44)(H,37,41)/t21-,27-,34+,35+/m1/s1. The third kappa shape index (κ3) is 5.31. The lowest BCUT2D eigenvalue weighted by Gasteiger charge is -2.53. The van der Waals surface area contributed by atoms with Crippen LogP contribution in [0.2, 0.25) is 0 Å². The van der Waals surface area contributed by atoms with Crippen LogP contribution in [0.5, 0.6) is 0 Å². The molecule has 2 aliphatic heterocycles. The highest BCUT2D eigenvalue weighted by Crippen LogP contribution is 2.67. The lowest BCUT2D eigenvalue weighted by molar-refractivity contribution is -0.145. The number of hydrogen-bond acceptors (Lipinski definition) is 7.